The van der Waals surface area contributed by atoms with E-state index in [4.69, 9.17) is 9.15 Å². The van der Waals surface area contributed by atoms with E-state index in [9.17, 15) is 4.79 Å². The summed E-state index contributed by atoms with van der Waals surface area (Å²) in [6.07, 6.45) is 0. The van der Waals surface area contributed by atoms with Crippen LogP contribution in [0.15, 0.2) is 54.8 Å². The summed E-state index contributed by atoms with van der Waals surface area (Å²) in [4.78, 5) is 17.7. The lowest BCUT2D eigenvalue weighted by Gasteiger charge is -2.21. The lowest BCUT2D eigenvalue weighted by Crippen LogP contribution is -2.13. The summed E-state index contributed by atoms with van der Waals surface area (Å²) in [6, 6.07) is 11.8. The lowest BCUT2D eigenvalue weighted by atomic mass is 9.89. The van der Waals surface area contributed by atoms with Gasteiger partial charge in [0.15, 0.2) is 11.3 Å². The second-order valence-corrected chi connectivity index (χ2v) is 9.83. The minimum absolute atomic E-state index is 0.308. The van der Waals surface area contributed by atoms with Crippen molar-refractivity contribution in [3.63, 3.8) is 0 Å². The fraction of sp³-hybridized carbons (Fsp3) is 0.286. The number of esters is 1. The number of nitrogens with one attached hydrogen (secondary N) is 1. The van der Waals surface area contributed by atoms with Gasteiger partial charge in [-0.25, -0.2) is 4.79 Å². The molecule has 4 rings (SSSR count). The minimum Gasteiger partial charge on any atom is -0.462 e. The number of rotatable bonds is 6. The summed E-state index contributed by atoms with van der Waals surface area (Å²) < 4.78 is 13.6. The molecule has 0 amide bonds. The maximum Gasteiger partial charge on any atom is 0.338 e. The molecule has 2 aliphatic rings. The Morgan fingerprint density at radius 3 is 2.46 bits per heavy atom. The average molecular weight is 600 g/mol. The predicted molar refractivity (Wildman–Crippen MR) is 149 cm³/mol. The Morgan fingerprint density at radius 2 is 1.77 bits per heavy atom. The Kier molecular flexibility index (Phi) is 7.67. The molecule has 0 bridgehead atoms. The maximum atomic E-state index is 13.0. The van der Waals surface area contributed by atoms with Crippen LogP contribution in [-0.2, 0) is 4.74 Å². The topological polar surface area (TPSA) is 63.8 Å². The number of ether oxygens (including phenoxy) is 1. The second kappa shape index (κ2) is 10.5. The van der Waals surface area contributed by atoms with Gasteiger partial charge in [-0.3, -0.25) is 4.99 Å². The van der Waals surface area contributed by atoms with E-state index in [2.05, 4.69) is 68.1 Å². The van der Waals surface area contributed by atoms with Crippen molar-refractivity contribution < 1.29 is 13.9 Å². The van der Waals surface area contributed by atoms with Gasteiger partial charge in [0.25, 0.3) is 0 Å². The molecule has 0 aromatic heterocycles. The number of benzene rings is 3. The molecule has 1 heterocycles. The first kappa shape index (κ1) is 25.5. The zero-order chi connectivity index (χ0) is 25.3. The van der Waals surface area contributed by atoms with E-state index >= 15 is 0 Å². The molecule has 2 aromatic carbocycles. The molecular weight excluding hydrogens is 572 g/mol. The Balaban J connectivity index is 2.25. The third-order valence-electron chi connectivity index (χ3n) is 5.91. The number of nitrogens with zero attached hydrogens (tertiary/aromatic N) is 1. The van der Waals surface area contributed by atoms with Crippen LogP contribution in [0.4, 0.5) is 5.69 Å². The van der Waals surface area contributed by atoms with E-state index in [-0.39, 0.29) is 5.97 Å². The molecule has 0 saturated carbocycles. The molecule has 0 atom stereocenters. The molecule has 0 unspecified atom stereocenters. The first-order chi connectivity index (χ1) is 16.8. The minimum atomic E-state index is -0.348. The van der Waals surface area contributed by atoms with Crippen molar-refractivity contribution in [1.29, 1.82) is 0 Å². The van der Waals surface area contributed by atoms with Gasteiger partial charge in [-0.05, 0) is 101 Å². The monoisotopic (exact) mass is 598 g/mol. The van der Waals surface area contributed by atoms with Gasteiger partial charge in [0.1, 0.15) is 0 Å². The molecule has 0 fully saturated rings. The Morgan fingerprint density at radius 1 is 1.03 bits per heavy atom. The van der Waals surface area contributed by atoms with Crippen LogP contribution in [0.25, 0.3) is 33.4 Å². The molecule has 2 aromatic rings. The van der Waals surface area contributed by atoms with E-state index < -0.39 is 0 Å². The van der Waals surface area contributed by atoms with E-state index in [1.54, 1.807) is 0 Å². The number of carbonyl (C=O) groups is 1. The lowest BCUT2D eigenvalue weighted by molar-refractivity contribution is 0.0527. The van der Waals surface area contributed by atoms with Gasteiger partial charge >= 0.3 is 5.97 Å². The van der Waals surface area contributed by atoms with Crippen LogP contribution in [0.3, 0.4) is 0 Å². The van der Waals surface area contributed by atoms with E-state index in [0.29, 0.717) is 30.1 Å². The molecule has 1 aliphatic carbocycles. The van der Waals surface area contributed by atoms with Crippen molar-refractivity contribution >= 4 is 54.5 Å². The van der Waals surface area contributed by atoms with Crippen molar-refractivity contribution in [2.75, 3.05) is 25.0 Å². The summed E-state index contributed by atoms with van der Waals surface area (Å²) in [5.74, 6) is 0.328. The summed E-state index contributed by atoms with van der Waals surface area (Å²) in [6.45, 7) is 11.7. The van der Waals surface area contributed by atoms with E-state index in [1.807, 2.05) is 45.0 Å². The predicted octanol–water partition coefficient (Wildman–Crippen LogP) is 7.88. The van der Waals surface area contributed by atoms with Gasteiger partial charge in [0.2, 0.25) is 0 Å². The van der Waals surface area contributed by atoms with E-state index in [0.717, 1.165) is 59.7 Å². The molecule has 5 nitrogen and oxygen atoms in total. The highest BCUT2D eigenvalue weighted by Gasteiger charge is 2.26. The van der Waals surface area contributed by atoms with Crippen LogP contribution in [-0.4, -0.2) is 25.7 Å². The van der Waals surface area contributed by atoms with Gasteiger partial charge in [-0.1, -0.05) is 18.2 Å². The van der Waals surface area contributed by atoms with Crippen LogP contribution in [0, 0.1) is 13.8 Å². The molecule has 0 radical (unpaired) electrons. The van der Waals surface area contributed by atoms with Gasteiger partial charge in [-0.2, -0.15) is 0 Å². The number of halogens is 2. The second-order valence-electron chi connectivity index (χ2n) is 8.24. The number of anilines is 1. The number of carbonyl (C=O) groups excluding carboxylic acids is 1. The maximum absolute atomic E-state index is 13.0. The highest BCUT2D eigenvalue weighted by molar-refractivity contribution is 9.11. The summed E-state index contributed by atoms with van der Waals surface area (Å²) in [7, 11) is 0. The SMILES string of the molecule is CC/N=c1/c(C)cc2c(-c3ccccc3C(=O)OCC)c3cc(C)c(NCC)c(Br)c3oc-2c1Br. The third-order valence-corrected chi connectivity index (χ3v) is 7.40. The molecule has 182 valence electrons. The van der Waals surface area contributed by atoms with Crippen molar-refractivity contribution in [1.82, 2.24) is 0 Å². The highest BCUT2D eigenvalue weighted by atomic mass is 79.9. The smallest absolute Gasteiger partial charge is 0.338 e. The number of hydrogen-bond donors (Lipinski definition) is 1. The zero-order valence-corrected chi connectivity index (χ0v) is 23.7. The first-order valence-corrected chi connectivity index (χ1v) is 13.3. The van der Waals surface area contributed by atoms with Crippen molar-refractivity contribution in [3.8, 4) is 22.5 Å². The fourth-order valence-electron chi connectivity index (χ4n) is 4.45. The van der Waals surface area contributed by atoms with Gasteiger partial charge < -0.3 is 14.5 Å². The van der Waals surface area contributed by atoms with Gasteiger partial charge in [-0.15, -0.1) is 0 Å². The summed E-state index contributed by atoms with van der Waals surface area (Å²) in [5, 5.41) is 5.21. The Labute approximate surface area is 222 Å². The molecule has 7 heteroatoms. The zero-order valence-electron chi connectivity index (χ0n) is 20.5. The fourth-order valence-corrected chi connectivity index (χ4v) is 5.93. The van der Waals surface area contributed by atoms with Crippen LogP contribution in [0.1, 0.15) is 42.3 Å². The van der Waals surface area contributed by atoms with Crippen molar-refractivity contribution in [2.24, 2.45) is 4.99 Å². The van der Waals surface area contributed by atoms with Crippen LogP contribution >= 0.6 is 31.9 Å². The average Bonchev–Trinajstić information content (AvgIpc) is 2.84. The largest absolute Gasteiger partial charge is 0.462 e. The van der Waals surface area contributed by atoms with Gasteiger partial charge in [0, 0.05) is 29.6 Å². The molecule has 1 N–H and O–H groups in total. The quantitative estimate of drug-likeness (QED) is 0.181. The van der Waals surface area contributed by atoms with Crippen LogP contribution in [0.2, 0.25) is 0 Å². The molecular formula is C28H28Br2N2O3. The molecule has 0 saturated heterocycles. The first-order valence-electron chi connectivity index (χ1n) is 11.7. The summed E-state index contributed by atoms with van der Waals surface area (Å²) >= 11 is 7.58. The highest BCUT2D eigenvalue weighted by Crippen LogP contribution is 2.47. The van der Waals surface area contributed by atoms with Gasteiger partial charge in [0.05, 0.1) is 32.2 Å². The molecule has 1 aliphatic heterocycles. The number of aryl methyl sites for hydroxylation is 2. The van der Waals surface area contributed by atoms with Crippen LogP contribution in [0.5, 0.6) is 0 Å². The van der Waals surface area contributed by atoms with Crippen LogP contribution < -0.4 is 10.7 Å². The summed E-state index contributed by atoms with van der Waals surface area (Å²) in [5.41, 5.74) is 6.91. The van der Waals surface area contributed by atoms with Crippen molar-refractivity contribution in [3.05, 3.63) is 67.4 Å². The number of hydrogen-bond acceptors (Lipinski definition) is 5. The number of fused-ring (bicyclic) bond motifs is 2. The Hall–Kier alpha value is -2.64. The molecule has 0 spiro atoms. The van der Waals surface area contributed by atoms with E-state index in [1.165, 1.54) is 0 Å². The standard InChI is InChI=1S/C28H28Br2N2O3/c1-6-31-24-15(4)13-19-21(17-11-9-10-12-18(17)28(33)34-8-3)20-14-16(5)25(32-7-2)23(30)27(20)35-26(19)22(24)29/h9-14,31H,6-8H2,1-5H3/b32-25-. The van der Waals surface area contributed by atoms with Crippen molar-refractivity contribution in [2.45, 2.75) is 34.6 Å². The molecule has 35 heavy (non-hydrogen) atoms. The third kappa shape index (κ3) is 4.52. The Bertz CT molecular complexity index is 1470. The normalized spacial score (nSPS) is 11.9.